The summed E-state index contributed by atoms with van der Waals surface area (Å²) in [5, 5.41) is 2.74. The van der Waals surface area contributed by atoms with Crippen molar-refractivity contribution >= 4 is 27.8 Å². The lowest BCUT2D eigenvalue weighted by Crippen LogP contribution is -2.14. The predicted molar refractivity (Wildman–Crippen MR) is 82.0 cm³/mol. The van der Waals surface area contributed by atoms with Crippen LogP contribution in [0, 0.1) is 0 Å². The number of hydrogen-bond donors (Lipinski definition) is 1. The Hall–Kier alpha value is -2.67. The van der Waals surface area contributed by atoms with Crippen LogP contribution in [0.3, 0.4) is 0 Å². The molecule has 0 saturated heterocycles. The summed E-state index contributed by atoms with van der Waals surface area (Å²) >= 11 is 0. The summed E-state index contributed by atoms with van der Waals surface area (Å²) in [7, 11) is -3.71. The Bertz CT molecular complexity index is 845. The van der Waals surface area contributed by atoms with E-state index in [9.17, 15) is 13.2 Å². The Labute approximate surface area is 127 Å². The number of ether oxygens (including phenoxy) is 1. The van der Waals surface area contributed by atoms with Gasteiger partial charge in [-0.15, -0.1) is 4.40 Å². The fourth-order valence-corrected chi connectivity index (χ4v) is 2.98. The quantitative estimate of drug-likeness (QED) is 0.873. The normalized spacial score (nSPS) is 14.7. The van der Waals surface area contributed by atoms with E-state index in [4.69, 9.17) is 4.74 Å². The molecule has 0 radical (unpaired) electrons. The summed E-state index contributed by atoms with van der Waals surface area (Å²) in [6.07, 6.45) is 1.12. The highest BCUT2D eigenvalue weighted by atomic mass is 32.2. The van der Waals surface area contributed by atoms with Crippen molar-refractivity contribution < 1.29 is 17.9 Å². The Balaban J connectivity index is 1.77. The van der Waals surface area contributed by atoms with E-state index in [1.165, 1.54) is 6.07 Å². The molecule has 0 fully saturated rings. The second-order valence-electron chi connectivity index (χ2n) is 4.59. The standard InChI is InChI=1S/C15H12N2O4S/c18-14(11-4-2-1-3-5-11)9-21-12-6-7-13-15(8-12)22(19,20)17-10-16-13/h1-8,10H,9H2,(H,16,17). The molecule has 3 rings (SSSR count). The van der Waals surface area contributed by atoms with Gasteiger partial charge >= 0.3 is 0 Å². The molecule has 1 aliphatic rings. The molecule has 0 aliphatic carbocycles. The van der Waals surface area contributed by atoms with Gasteiger partial charge in [-0.1, -0.05) is 30.3 Å². The van der Waals surface area contributed by atoms with E-state index in [2.05, 4.69) is 9.71 Å². The molecule has 1 heterocycles. The lowest BCUT2D eigenvalue weighted by atomic mass is 10.1. The first kappa shape index (κ1) is 14.3. The van der Waals surface area contributed by atoms with Gasteiger partial charge in [0.05, 0.1) is 5.69 Å². The number of benzene rings is 2. The number of hydrogen-bond acceptors (Lipinski definition) is 5. The van der Waals surface area contributed by atoms with Crippen molar-refractivity contribution in [2.24, 2.45) is 4.40 Å². The minimum absolute atomic E-state index is 0.0275. The molecule has 0 bridgehead atoms. The topological polar surface area (TPSA) is 84.8 Å². The van der Waals surface area contributed by atoms with E-state index in [0.29, 0.717) is 17.0 Å². The van der Waals surface area contributed by atoms with Gasteiger partial charge in [0.25, 0.3) is 10.0 Å². The summed E-state index contributed by atoms with van der Waals surface area (Å²) in [5.74, 6) is 0.114. The second kappa shape index (κ2) is 5.61. The summed E-state index contributed by atoms with van der Waals surface area (Å²) in [5.41, 5.74) is 0.969. The van der Waals surface area contributed by atoms with Gasteiger partial charge in [-0.3, -0.25) is 4.79 Å². The number of carbonyl (C=O) groups is 1. The Kier molecular flexibility index (Phi) is 3.64. The maximum Gasteiger partial charge on any atom is 0.285 e. The molecular weight excluding hydrogens is 304 g/mol. The number of rotatable bonds is 4. The number of sulfonamides is 1. The number of fused-ring (bicyclic) bond motifs is 1. The van der Waals surface area contributed by atoms with Gasteiger partial charge in [0.2, 0.25) is 0 Å². The maximum atomic E-state index is 12.0. The number of nitrogens with zero attached hydrogens (tertiary/aromatic N) is 1. The number of anilines is 1. The van der Waals surface area contributed by atoms with Gasteiger partial charge in [0, 0.05) is 11.6 Å². The van der Waals surface area contributed by atoms with E-state index >= 15 is 0 Å². The molecule has 0 amide bonds. The first-order chi connectivity index (χ1) is 10.6. The van der Waals surface area contributed by atoms with Crippen LogP contribution >= 0.6 is 0 Å². The van der Waals surface area contributed by atoms with Crippen molar-refractivity contribution in [2.75, 3.05) is 11.9 Å². The highest BCUT2D eigenvalue weighted by Gasteiger charge is 2.21. The van der Waals surface area contributed by atoms with Crippen LogP contribution in [0.2, 0.25) is 0 Å². The molecule has 22 heavy (non-hydrogen) atoms. The molecule has 2 aromatic carbocycles. The van der Waals surface area contributed by atoms with Crippen molar-refractivity contribution in [1.29, 1.82) is 0 Å². The molecule has 0 unspecified atom stereocenters. The molecule has 112 valence electrons. The van der Waals surface area contributed by atoms with Crippen molar-refractivity contribution in [3.8, 4) is 5.75 Å². The Morgan fingerprint density at radius 2 is 1.91 bits per heavy atom. The fraction of sp³-hybridized carbons (Fsp3) is 0.0667. The van der Waals surface area contributed by atoms with E-state index in [1.54, 1.807) is 36.4 Å². The van der Waals surface area contributed by atoms with Gasteiger partial charge in [-0.05, 0) is 12.1 Å². The van der Waals surface area contributed by atoms with E-state index in [1.807, 2.05) is 6.07 Å². The molecule has 0 saturated carbocycles. The van der Waals surface area contributed by atoms with Crippen molar-refractivity contribution in [2.45, 2.75) is 4.90 Å². The minimum Gasteiger partial charge on any atom is -0.485 e. The fourth-order valence-electron chi connectivity index (χ4n) is 2.00. The number of ketones is 1. The molecule has 1 N–H and O–H groups in total. The van der Waals surface area contributed by atoms with Crippen molar-refractivity contribution in [3.63, 3.8) is 0 Å². The molecular formula is C15H12N2O4S. The summed E-state index contributed by atoms with van der Waals surface area (Å²) < 4.78 is 32.4. The van der Waals surface area contributed by atoms with Gasteiger partial charge in [0.15, 0.2) is 12.4 Å². The molecule has 1 aliphatic heterocycles. The zero-order valence-corrected chi connectivity index (χ0v) is 12.2. The first-order valence-electron chi connectivity index (χ1n) is 6.47. The third-order valence-electron chi connectivity index (χ3n) is 3.11. The zero-order chi connectivity index (χ0) is 15.6. The largest absolute Gasteiger partial charge is 0.485 e. The van der Waals surface area contributed by atoms with Crippen LogP contribution in [-0.2, 0) is 10.0 Å². The predicted octanol–water partition coefficient (Wildman–Crippen LogP) is 2.09. The van der Waals surface area contributed by atoms with Gasteiger partial charge in [-0.25, -0.2) is 0 Å². The van der Waals surface area contributed by atoms with Gasteiger partial charge in [-0.2, -0.15) is 8.42 Å². The van der Waals surface area contributed by atoms with Crippen LogP contribution in [0.15, 0.2) is 57.8 Å². The minimum atomic E-state index is -3.71. The first-order valence-corrected chi connectivity index (χ1v) is 7.91. The number of Topliss-reactive ketones (excluding diaryl/α,β-unsaturated/α-hetero) is 1. The smallest absolute Gasteiger partial charge is 0.285 e. The average Bonchev–Trinajstić information content (AvgIpc) is 2.53. The highest BCUT2D eigenvalue weighted by molar-refractivity contribution is 7.90. The monoisotopic (exact) mass is 316 g/mol. The molecule has 7 heteroatoms. The molecule has 0 spiro atoms. The lowest BCUT2D eigenvalue weighted by Gasteiger charge is -2.13. The Morgan fingerprint density at radius 3 is 2.68 bits per heavy atom. The Morgan fingerprint density at radius 1 is 1.14 bits per heavy atom. The zero-order valence-electron chi connectivity index (χ0n) is 11.4. The van der Waals surface area contributed by atoms with Crippen LogP contribution < -0.4 is 10.1 Å². The van der Waals surface area contributed by atoms with Gasteiger partial charge < -0.3 is 10.1 Å². The van der Waals surface area contributed by atoms with Crippen LogP contribution in [0.5, 0.6) is 5.75 Å². The summed E-state index contributed by atoms with van der Waals surface area (Å²) in [4.78, 5) is 12.0. The molecule has 2 aromatic rings. The highest BCUT2D eigenvalue weighted by Crippen LogP contribution is 2.29. The molecule has 0 aromatic heterocycles. The third-order valence-corrected chi connectivity index (χ3v) is 4.38. The lowest BCUT2D eigenvalue weighted by molar-refractivity contribution is 0.0921. The van der Waals surface area contributed by atoms with Gasteiger partial charge in [0.1, 0.15) is 17.0 Å². The third kappa shape index (κ3) is 2.84. The van der Waals surface area contributed by atoms with Crippen molar-refractivity contribution in [1.82, 2.24) is 0 Å². The average molecular weight is 316 g/mol. The van der Waals surface area contributed by atoms with E-state index in [-0.39, 0.29) is 17.3 Å². The van der Waals surface area contributed by atoms with E-state index in [0.717, 1.165) is 6.34 Å². The van der Waals surface area contributed by atoms with Crippen LogP contribution in [0.4, 0.5) is 5.69 Å². The van der Waals surface area contributed by atoms with Crippen LogP contribution in [0.25, 0.3) is 0 Å². The SMILES string of the molecule is O=C(COc1ccc2c(c1)S(=O)(=O)N=CN2)c1ccccc1. The summed E-state index contributed by atoms with van der Waals surface area (Å²) in [6, 6.07) is 13.3. The van der Waals surface area contributed by atoms with Crippen LogP contribution in [0.1, 0.15) is 10.4 Å². The van der Waals surface area contributed by atoms with Crippen LogP contribution in [-0.4, -0.2) is 27.1 Å². The van der Waals surface area contributed by atoms with Crippen molar-refractivity contribution in [3.05, 3.63) is 54.1 Å². The van der Waals surface area contributed by atoms with E-state index < -0.39 is 10.0 Å². The number of carbonyl (C=O) groups excluding carboxylic acids is 1. The molecule has 6 nitrogen and oxygen atoms in total. The maximum absolute atomic E-state index is 12.0. The second-order valence-corrected chi connectivity index (χ2v) is 6.19. The summed E-state index contributed by atoms with van der Waals surface area (Å²) in [6.45, 7) is -0.167. The number of nitrogens with one attached hydrogen (secondary N) is 1. The molecule has 0 atom stereocenters.